The highest BCUT2D eigenvalue weighted by atomic mass is 16.2. The first-order valence-electron chi connectivity index (χ1n) is 7.24. The molecule has 112 valence electrons. The summed E-state index contributed by atoms with van der Waals surface area (Å²) in [6, 6.07) is -0.622. The van der Waals surface area contributed by atoms with E-state index in [4.69, 9.17) is 5.73 Å². The van der Waals surface area contributed by atoms with E-state index in [9.17, 15) is 14.4 Å². The molecule has 0 radical (unpaired) electrons. The summed E-state index contributed by atoms with van der Waals surface area (Å²) >= 11 is 0. The summed E-state index contributed by atoms with van der Waals surface area (Å²) in [5, 5.41) is 2.74. The van der Waals surface area contributed by atoms with Gasteiger partial charge in [-0.05, 0) is 25.2 Å². The van der Waals surface area contributed by atoms with Gasteiger partial charge in [0.15, 0.2) is 0 Å². The SMILES string of the molecule is CC1CCCC(N)(C(=O)NC2CCC(=O)N(C)C2=O)C1. The Morgan fingerprint density at radius 1 is 1.40 bits per heavy atom. The number of amides is 3. The molecule has 0 aromatic heterocycles. The van der Waals surface area contributed by atoms with Crippen LogP contribution in [0.1, 0.15) is 45.4 Å². The molecule has 1 heterocycles. The number of likely N-dealkylation sites (tertiary alicyclic amines) is 1. The van der Waals surface area contributed by atoms with Crippen molar-refractivity contribution in [3.8, 4) is 0 Å². The highest BCUT2D eigenvalue weighted by molar-refractivity contribution is 6.02. The van der Waals surface area contributed by atoms with Gasteiger partial charge in [0.1, 0.15) is 6.04 Å². The summed E-state index contributed by atoms with van der Waals surface area (Å²) in [5.74, 6) is -0.382. The van der Waals surface area contributed by atoms with E-state index in [1.807, 2.05) is 0 Å². The summed E-state index contributed by atoms with van der Waals surface area (Å²) in [6.07, 6.45) is 3.96. The van der Waals surface area contributed by atoms with Crippen LogP contribution in [0.5, 0.6) is 0 Å². The lowest BCUT2D eigenvalue weighted by Crippen LogP contribution is -2.61. The van der Waals surface area contributed by atoms with Crippen molar-refractivity contribution in [3.05, 3.63) is 0 Å². The van der Waals surface area contributed by atoms with Crippen LogP contribution in [0.4, 0.5) is 0 Å². The fourth-order valence-electron chi connectivity index (χ4n) is 3.15. The van der Waals surface area contributed by atoms with Crippen molar-refractivity contribution in [1.82, 2.24) is 10.2 Å². The quantitative estimate of drug-likeness (QED) is 0.705. The van der Waals surface area contributed by atoms with Crippen LogP contribution < -0.4 is 11.1 Å². The largest absolute Gasteiger partial charge is 0.343 e. The second-order valence-electron chi connectivity index (χ2n) is 6.21. The van der Waals surface area contributed by atoms with Gasteiger partial charge in [0.2, 0.25) is 11.8 Å². The number of carbonyl (C=O) groups excluding carboxylic acids is 3. The van der Waals surface area contributed by atoms with Crippen LogP contribution in [0, 0.1) is 5.92 Å². The van der Waals surface area contributed by atoms with Crippen molar-refractivity contribution in [2.75, 3.05) is 7.05 Å². The maximum atomic E-state index is 12.4. The number of carbonyl (C=O) groups is 3. The molecule has 2 aliphatic rings. The Bertz CT molecular complexity index is 437. The van der Waals surface area contributed by atoms with Gasteiger partial charge in [-0.15, -0.1) is 0 Å². The lowest BCUT2D eigenvalue weighted by atomic mass is 9.76. The monoisotopic (exact) mass is 281 g/mol. The van der Waals surface area contributed by atoms with Gasteiger partial charge in [-0.3, -0.25) is 19.3 Å². The predicted octanol–water partition coefficient (Wildman–Crippen LogP) is 0.158. The fourth-order valence-corrected chi connectivity index (χ4v) is 3.15. The first-order chi connectivity index (χ1) is 9.33. The van der Waals surface area contributed by atoms with E-state index in [1.165, 1.54) is 7.05 Å². The molecule has 20 heavy (non-hydrogen) atoms. The van der Waals surface area contributed by atoms with E-state index >= 15 is 0 Å². The molecule has 0 spiro atoms. The maximum absolute atomic E-state index is 12.4. The summed E-state index contributed by atoms with van der Waals surface area (Å²) in [7, 11) is 1.45. The Morgan fingerprint density at radius 3 is 2.75 bits per heavy atom. The number of imide groups is 1. The second-order valence-corrected chi connectivity index (χ2v) is 6.21. The van der Waals surface area contributed by atoms with Crippen molar-refractivity contribution in [1.29, 1.82) is 0 Å². The molecule has 2 fully saturated rings. The zero-order valence-electron chi connectivity index (χ0n) is 12.1. The lowest BCUT2D eigenvalue weighted by Gasteiger charge is -2.37. The number of nitrogens with zero attached hydrogens (tertiary/aromatic N) is 1. The third kappa shape index (κ3) is 2.85. The van der Waals surface area contributed by atoms with E-state index in [0.29, 0.717) is 25.2 Å². The molecular formula is C14H23N3O3. The number of hydrogen-bond acceptors (Lipinski definition) is 4. The van der Waals surface area contributed by atoms with Crippen molar-refractivity contribution in [2.45, 2.75) is 57.0 Å². The van der Waals surface area contributed by atoms with Gasteiger partial charge in [-0.25, -0.2) is 0 Å². The molecule has 0 aromatic rings. The second kappa shape index (κ2) is 5.52. The van der Waals surface area contributed by atoms with E-state index in [2.05, 4.69) is 12.2 Å². The average Bonchev–Trinajstić information content (AvgIpc) is 2.39. The van der Waals surface area contributed by atoms with Crippen LogP contribution in [-0.4, -0.2) is 41.2 Å². The summed E-state index contributed by atoms with van der Waals surface area (Å²) < 4.78 is 0. The number of hydrogen-bond donors (Lipinski definition) is 2. The van der Waals surface area contributed by atoms with E-state index in [1.54, 1.807) is 0 Å². The first kappa shape index (κ1) is 15.0. The van der Waals surface area contributed by atoms with Gasteiger partial charge in [-0.1, -0.05) is 19.8 Å². The van der Waals surface area contributed by atoms with Crippen LogP contribution >= 0.6 is 0 Å². The van der Waals surface area contributed by atoms with Gasteiger partial charge in [0, 0.05) is 13.5 Å². The molecule has 3 unspecified atom stereocenters. The number of nitrogens with two attached hydrogens (primary N) is 1. The molecule has 3 N–H and O–H groups in total. The Kier molecular flexibility index (Phi) is 4.13. The van der Waals surface area contributed by atoms with Crippen molar-refractivity contribution < 1.29 is 14.4 Å². The third-order valence-electron chi connectivity index (χ3n) is 4.44. The highest BCUT2D eigenvalue weighted by Crippen LogP contribution is 2.30. The van der Waals surface area contributed by atoms with E-state index in [-0.39, 0.29) is 24.1 Å². The van der Waals surface area contributed by atoms with Crippen LogP contribution in [0.15, 0.2) is 0 Å². The Labute approximate surface area is 119 Å². The van der Waals surface area contributed by atoms with Crippen LogP contribution in [0.25, 0.3) is 0 Å². The number of piperidine rings is 1. The van der Waals surface area contributed by atoms with E-state index < -0.39 is 11.6 Å². The minimum absolute atomic E-state index is 0.200. The van der Waals surface area contributed by atoms with Gasteiger partial charge < -0.3 is 11.1 Å². The zero-order valence-corrected chi connectivity index (χ0v) is 12.1. The molecule has 1 saturated heterocycles. The molecule has 1 saturated carbocycles. The summed E-state index contributed by atoms with van der Waals surface area (Å²) in [4.78, 5) is 36.8. The molecule has 3 amide bonds. The Hall–Kier alpha value is -1.43. The van der Waals surface area contributed by atoms with Gasteiger partial charge >= 0.3 is 0 Å². The summed E-state index contributed by atoms with van der Waals surface area (Å²) in [6.45, 7) is 2.09. The average molecular weight is 281 g/mol. The van der Waals surface area contributed by atoms with Crippen molar-refractivity contribution >= 4 is 17.7 Å². The highest BCUT2D eigenvalue weighted by Gasteiger charge is 2.41. The van der Waals surface area contributed by atoms with Crippen LogP contribution in [0.3, 0.4) is 0 Å². The number of rotatable bonds is 2. The number of nitrogens with one attached hydrogen (secondary N) is 1. The van der Waals surface area contributed by atoms with Crippen molar-refractivity contribution in [3.63, 3.8) is 0 Å². The molecule has 3 atom stereocenters. The molecule has 6 heteroatoms. The van der Waals surface area contributed by atoms with Gasteiger partial charge in [-0.2, -0.15) is 0 Å². The maximum Gasteiger partial charge on any atom is 0.251 e. The molecule has 6 nitrogen and oxygen atoms in total. The number of likely N-dealkylation sites (N-methyl/N-ethyl adjacent to an activating group) is 1. The molecule has 1 aliphatic carbocycles. The summed E-state index contributed by atoms with van der Waals surface area (Å²) in [5.41, 5.74) is 5.34. The lowest BCUT2D eigenvalue weighted by molar-refractivity contribution is -0.150. The Balaban J connectivity index is 2.00. The molecule has 0 aromatic carbocycles. The van der Waals surface area contributed by atoms with Gasteiger partial charge in [0.05, 0.1) is 5.54 Å². The minimum Gasteiger partial charge on any atom is -0.343 e. The first-order valence-corrected chi connectivity index (χ1v) is 7.24. The Morgan fingerprint density at radius 2 is 2.10 bits per heavy atom. The predicted molar refractivity (Wildman–Crippen MR) is 73.5 cm³/mol. The normalized spacial score (nSPS) is 35.0. The van der Waals surface area contributed by atoms with Gasteiger partial charge in [0.25, 0.3) is 5.91 Å². The molecule has 2 rings (SSSR count). The molecule has 0 bridgehead atoms. The third-order valence-corrected chi connectivity index (χ3v) is 4.44. The van der Waals surface area contributed by atoms with Crippen LogP contribution in [-0.2, 0) is 14.4 Å². The topological polar surface area (TPSA) is 92.5 Å². The fraction of sp³-hybridized carbons (Fsp3) is 0.786. The standard InChI is InChI=1S/C14H23N3O3/c1-9-4-3-7-14(15,8-9)13(20)16-10-5-6-11(18)17(2)12(10)19/h9-10H,3-8,15H2,1-2H3,(H,16,20). The molecular weight excluding hydrogens is 258 g/mol. The van der Waals surface area contributed by atoms with Crippen LogP contribution in [0.2, 0.25) is 0 Å². The smallest absolute Gasteiger partial charge is 0.251 e. The minimum atomic E-state index is -0.877. The van der Waals surface area contributed by atoms with Crippen molar-refractivity contribution in [2.24, 2.45) is 11.7 Å². The zero-order chi connectivity index (χ0) is 14.9. The molecule has 1 aliphatic heterocycles. The van der Waals surface area contributed by atoms with E-state index in [0.717, 1.165) is 17.7 Å².